The summed E-state index contributed by atoms with van der Waals surface area (Å²) in [4.78, 5) is 17.6. The van der Waals surface area contributed by atoms with Crippen LogP contribution in [0.25, 0.3) is 27.7 Å². The molecule has 5 aromatic rings. The van der Waals surface area contributed by atoms with Crippen LogP contribution in [0.2, 0.25) is 0 Å². The second-order valence-corrected chi connectivity index (χ2v) is 7.90. The maximum atomic E-state index is 13.2. The maximum Gasteiger partial charge on any atom is 0.253 e. The predicted molar refractivity (Wildman–Crippen MR) is 127 cm³/mol. The number of benzene rings is 2. The van der Waals surface area contributed by atoms with Gasteiger partial charge < -0.3 is 15.2 Å². The Labute approximate surface area is 185 Å². The Kier molecular flexibility index (Phi) is 4.86. The van der Waals surface area contributed by atoms with Crippen molar-refractivity contribution in [1.29, 1.82) is 0 Å². The van der Waals surface area contributed by atoms with Crippen LogP contribution in [0.5, 0.6) is 0 Å². The fraction of sp³-hybridized carbons (Fsp3) is 0.160. The van der Waals surface area contributed by atoms with Crippen molar-refractivity contribution in [2.45, 2.75) is 13.0 Å². The molecular formula is C25H24N6O. The first-order chi connectivity index (χ1) is 15.5. The van der Waals surface area contributed by atoms with Crippen molar-refractivity contribution >= 4 is 28.4 Å². The number of carbonyl (C=O) groups is 1. The van der Waals surface area contributed by atoms with E-state index in [1.54, 1.807) is 11.6 Å². The van der Waals surface area contributed by atoms with Gasteiger partial charge >= 0.3 is 0 Å². The molecule has 1 amide bonds. The van der Waals surface area contributed by atoms with Crippen molar-refractivity contribution in [3.8, 4) is 11.1 Å². The molecule has 32 heavy (non-hydrogen) atoms. The van der Waals surface area contributed by atoms with Gasteiger partial charge in [0, 0.05) is 37.4 Å². The number of hydrogen-bond acceptors (Lipinski definition) is 4. The minimum Gasteiger partial charge on any atom is -0.356 e. The van der Waals surface area contributed by atoms with Crippen LogP contribution in [-0.4, -0.2) is 32.1 Å². The van der Waals surface area contributed by atoms with Gasteiger partial charge in [-0.3, -0.25) is 4.79 Å². The summed E-state index contributed by atoms with van der Waals surface area (Å²) in [5.41, 5.74) is 5.53. The first kappa shape index (κ1) is 19.8. The molecule has 7 nitrogen and oxygen atoms in total. The molecule has 0 spiro atoms. The minimum absolute atomic E-state index is 0.0844. The molecule has 0 saturated heterocycles. The Balaban J connectivity index is 1.51. The van der Waals surface area contributed by atoms with E-state index in [0.717, 1.165) is 33.2 Å². The van der Waals surface area contributed by atoms with Crippen molar-refractivity contribution in [2.24, 2.45) is 7.05 Å². The summed E-state index contributed by atoms with van der Waals surface area (Å²) in [6, 6.07) is 20.1. The summed E-state index contributed by atoms with van der Waals surface area (Å²) < 4.78 is 3.72. The normalized spacial score (nSPS) is 12.2. The molecule has 0 aliphatic rings. The highest BCUT2D eigenvalue weighted by Crippen LogP contribution is 2.29. The van der Waals surface area contributed by atoms with Crippen molar-refractivity contribution in [3.05, 3.63) is 84.2 Å². The number of aromatic nitrogens is 4. The molecule has 0 fully saturated rings. The smallest absolute Gasteiger partial charge is 0.253 e. The predicted octanol–water partition coefficient (Wildman–Crippen LogP) is 4.42. The Morgan fingerprint density at radius 1 is 1.03 bits per heavy atom. The quantitative estimate of drug-likeness (QED) is 0.438. The van der Waals surface area contributed by atoms with Crippen molar-refractivity contribution in [1.82, 2.24) is 24.5 Å². The lowest BCUT2D eigenvalue weighted by Crippen LogP contribution is -2.26. The van der Waals surface area contributed by atoms with Crippen LogP contribution in [0.1, 0.15) is 28.9 Å². The lowest BCUT2D eigenvalue weighted by molar-refractivity contribution is 0.0941. The van der Waals surface area contributed by atoms with Crippen LogP contribution >= 0.6 is 0 Å². The van der Waals surface area contributed by atoms with E-state index in [1.165, 1.54) is 0 Å². The molecule has 160 valence electrons. The third kappa shape index (κ3) is 3.47. The highest BCUT2D eigenvalue weighted by atomic mass is 16.1. The first-order valence-corrected chi connectivity index (χ1v) is 10.5. The number of rotatable bonds is 5. The Morgan fingerprint density at radius 3 is 2.59 bits per heavy atom. The molecule has 2 aromatic carbocycles. The molecule has 0 bridgehead atoms. The van der Waals surface area contributed by atoms with Crippen LogP contribution in [0.15, 0.2) is 73.1 Å². The van der Waals surface area contributed by atoms with E-state index in [4.69, 9.17) is 0 Å². The number of amides is 1. The number of pyridine rings is 1. The largest absolute Gasteiger partial charge is 0.356 e. The molecule has 0 aliphatic carbocycles. The lowest BCUT2D eigenvalue weighted by Gasteiger charge is -2.14. The highest BCUT2D eigenvalue weighted by Gasteiger charge is 2.17. The van der Waals surface area contributed by atoms with Crippen LogP contribution in [0.3, 0.4) is 0 Å². The van der Waals surface area contributed by atoms with Crippen molar-refractivity contribution in [2.75, 3.05) is 12.4 Å². The third-order valence-corrected chi connectivity index (χ3v) is 5.78. The van der Waals surface area contributed by atoms with E-state index in [1.807, 2.05) is 73.4 Å². The van der Waals surface area contributed by atoms with E-state index in [-0.39, 0.29) is 11.9 Å². The Bertz CT molecular complexity index is 1430. The number of anilines is 1. The number of carbonyl (C=O) groups excluding carboxylic acids is 1. The molecule has 1 atom stereocenters. The molecule has 3 aromatic heterocycles. The first-order valence-electron chi connectivity index (χ1n) is 10.5. The van der Waals surface area contributed by atoms with E-state index in [2.05, 4.69) is 38.9 Å². The van der Waals surface area contributed by atoms with Gasteiger partial charge in [-0.1, -0.05) is 36.4 Å². The molecule has 0 aliphatic heterocycles. The summed E-state index contributed by atoms with van der Waals surface area (Å²) in [5.74, 6) is 0.489. The Morgan fingerprint density at radius 2 is 1.81 bits per heavy atom. The second kappa shape index (κ2) is 7.85. The SMILES string of the molecule is CNc1nc2cc(-c3ccc4c(c3)c(C(=O)NC(C)c3ccccc3)cn4C)ccn2n1. The summed E-state index contributed by atoms with van der Waals surface area (Å²) in [6.07, 6.45) is 3.78. The van der Waals surface area contributed by atoms with Crippen molar-refractivity contribution < 1.29 is 4.79 Å². The van der Waals surface area contributed by atoms with Gasteiger partial charge in [-0.25, -0.2) is 4.52 Å². The van der Waals surface area contributed by atoms with E-state index < -0.39 is 0 Å². The lowest BCUT2D eigenvalue weighted by atomic mass is 10.0. The number of nitrogens with one attached hydrogen (secondary N) is 2. The van der Waals surface area contributed by atoms with E-state index >= 15 is 0 Å². The number of fused-ring (bicyclic) bond motifs is 2. The van der Waals surface area contributed by atoms with E-state index in [0.29, 0.717) is 11.5 Å². The van der Waals surface area contributed by atoms with Crippen LogP contribution in [-0.2, 0) is 7.05 Å². The minimum atomic E-state index is -0.0873. The zero-order valence-corrected chi connectivity index (χ0v) is 18.2. The van der Waals surface area contributed by atoms with Crippen molar-refractivity contribution in [3.63, 3.8) is 0 Å². The second-order valence-electron chi connectivity index (χ2n) is 7.90. The average molecular weight is 425 g/mol. The molecular weight excluding hydrogens is 400 g/mol. The fourth-order valence-corrected chi connectivity index (χ4v) is 4.02. The van der Waals surface area contributed by atoms with Gasteiger partial charge in [-0.05, 0) is 47.9 Å². The summed E-state index contributed by atoms with van der Waals surface area (Å²) >= 11 is 0. The van der Waals surface area contributed by atoms with Gasteiger partial charge in [0.05, 0.1) is 11.6 Å². The number of aryl methyl sites for hydroxylation is 1. The fourth-order valence-electron chi connectivity index (χ4n) is 4.02. The van der Waals surface area contributed by atoms with Crippen LogP contribution in [0.4, 0.5) is 5.95 Å². The summed E-state index contributed by atoms with van der Waals surface area (Å²) in [7, 11) is 3.76. The average Bonchev–Trinajstić information content (AvgIpc) is 3.39. The van der Waals surface area contributed by atoms with Crippen LogP contribution < -0.4 is 10.6 Å². The van der Waals surface area contributed by atoms with Gasteiger partial charge in [0.1, 0.15) is 0 Å². The van der Waals surface area contributed by atoms with E-state index in [9.17, 15) is 4.79 Å². The maximum absolute atomic E-state index is 13.2. The molecule has 1 unspecified atom stereocenters. The molecule has 3 heterocycles. The summed E-state index contributed by atoms with van der Waals surface area (Å²) in [5, 5.41) is 11.4. The topological polar surface area (TPSA) is 76.2 Å². The highest BCUT2D eigenvalue weighted by molar-refractivity contribution is 6.08. The van der Waals surface area contributed by atoms with Crippen LogP contribution in [0, 0.1) is 0 Å². The number of hydrogen-bond donors (Lipinski definition) is 2. The Hall–Kier alpha value is -4.13. The number of nitrogens with zero attached hydrogens (tertiary/aromatic N) is 4. The molecule has 2 N–H and O–H groups in total. The molecule has 0 radical (unpaired) electrons. The van der Waals surface area contributed by atoms with Gasteiger partial charge in [0.2, 0.25) is 5.95 Å². The van der Waals surface area contributed by atoms with Gasteiger partial charge in [-0.2, -0.15) is 4.98 Å². The standard InChI is InChI=1S/C25H24N6O/c1-16(17-7-5-4-6-8-17)27-24(32)21-15-30(3)22-10-9-18(13-20(21)22)19-11-12-31-23(14-19)28-25(26-2)29-31/h4-16H,1-3H3,(H,26,29)(H,27,32). The molecule has 5 rings (SSSR count). The van der Waals surface area contributed by atoms with Gasteiger partial charge in [0.15, 0.2) is 5.65 Å². The zero-order valence-electron chi connectivity index (χ0n) is 18.2. The monoisotopic (exact) mass is 424 g/mol. The zero-order chi connectivity index (χ0) is 22.2. The summed E-state index contributed by atoms with van der Waals surface area (Å²) in [6.45, 7) is 2.00. The van der Waals surface area contributed by atoms with Gasteiger partial charge in [0.25, 0.3) is 5.91 Å². The van der Waals surface area contributed by atoms with Gasteiger partial charge in [-0.15, -0.1) is 5.10 Å². The molecule has 7 heteroatoms. The molecule has 0 saturated carbocycles. The third-order valence-electron chi connectivity index (χ3n) is 5.78.